The van der Waals surface area contributed by atoms with Gasteiger partial charge in [-0.05, 0) is 18.4 Å². The highest BCUT2D eigenvalue weighted by atomic mass is 31.2. The number of nitrogens with zero attached hydrogens (tertiary/aromatic N) is 3. The van der Waals surface area contributed by atoms with Crippen LogP contribution >= 0.6 is 7.82 Å². The molecule has 1 rings (SSSR count). The average Bonchev–Trinajstić information content (AvgIpc) is 3.29. The summed E-state index contributed by atoms with van der Waals surface area (Å²) in [6.45, 7) is 1.86. The van der Waals surface area contributed by atoms with Crippen molar-refractivity contribution in [3.05, 3.63) is 39.3 Å². The number of phosphoric ester groups is 1. The first kappa shape index (κ1) is 60.8. The molecule has 0 aromatic heterocycles. The van der Waals surface area contributed by atoms with E-state index in [1.807, 2.05) is 5.32 Å². The lowest BCUT2D eigenvalue weighted by molar-refractivity contribution is -0.161. The molecular formula is C48H81F4N4O9P. The first-order chi connectivity index (χ1) is 31.9. The van der Waals surface area contributed by atoms with E-state index in [-0.39, 0.29) is 12.8 Å². The van der Waals surface area contributed by atoms with E-state index in [9.17, 15) is 41.4 Å². The fourth-order valence-electron chi connectivity index (χ4n) is 7.48. The average molecular weight is 965 g/mol. The molecule has 380 valence electrons. The van der Waals surface area contributed by atoms with Crippen LogP contribution < -0.4 is 5.32 Å². The molecule has 1 amide bonds. The molecule has 2 atom stereocenters. The normalized spacial score (nSPS) is 12.7. The molecule has 1 aromatic rings. The summed E-state index contributed by atoms with van der Waals surface area (Å²) in [6.07, 6.45) is 34.2. The van der Waals surface area contributed by atoms with Crippen molar-refractivity contribution in [3.8, 4) is 0 Å². The van der Waals surface area contributed by atoms with Gasteiger partial charge in [-0.3, -0.25) is 23.4 Å². The fourth-order valence-corrected chi connectivity index (χ4v) is 8.23. The Kier molecular flexibility index (Phi) is 36.6. The number of azide groups is 1. The number of carbonyl (C=O) groups is 3. The Morgan fingerprint density at radius 2 is 0.970 bits per heavy atom. The van der Waals surface area contributed by atoms with Gasteiger partial charge in [0.15, 0.2) is 29.4 Å². The monoisotopic (exact) mass is 965 g/mol. The van der Waals surface area contributed by atoms with Crippen LogP contribution in [0.25, 0.3) is 10.4 Å². The lowest BCUT2D eigenvalue weighted by atomic mass is 10.0. The maximum absolute atomic E-state index is 14.3. The molecule has 0 heterocycles. The van der Waals surface area contributed by atoms with Gasteiger partial charge in [-0.2, -0.15) is 0 Å². The Balaban J connectivity index is 2.53. The predicted octanol–water partition coefficient (Wildman–Crippen LogP) is 15.0. The van der Waals surface area contributed by atoms with Crippen LogP contribution in [0.5, 0.6) is 0 Å². The zero-order valence-electron chi connectivity index (χ0n) is 40.0. The number of benzene rings is 1. The molecule has 0 aliphatic heterocycles. The van der Waals surface area contributed by atoms with Gasteiger partial charge in [0, 0.05) is 24.3 Å². The van der Waals surface area contributed by atoms with Gasteiger partial charge < -0.3 is 19.7 Å². The van der Waals surface area contributed by atoms with Crippen molar-refractivity contribution < 1.29 is 59.9 Å². The number of halogens is 4. The Morgan fingerprint density at radius 1 is 0.591 bits per heavy atom. The third-order valence-corrected chi connectivity index (χ3v) is 12.4. The Hall–Kier alpha value is -3.23. The van der Waals surface area contributed by atoms with Gasteiger partial charge in [-0.1, -0.05) is 199 Å². The van der Waals surface area contributed by atoms with Gasteiger partial charge >= 0.3 is 19.8 Å². The van der Waals surface area contributed by atoms with Crippen LogP contribution in [0.3, 0.4) is 0 Å². The molecule has 2 unspecified atom stereocenters. The van der Waals surface area contributed by atoms with E-state index in [2.05, 4.69) is 23.9 Å². The Bertz CT molecular complexity index is 1560. The second kappa shape index (κ2) is 39.7. The molecule has 0 fully saturated rings. The summed E-state index contributed by atoms with van der Waals surface area (Å²) in [5.41, 5.74) is 5.13. The van der Waals surface area contributed by atoms with E-state index < -0.39 is 92.7 Å². The Morgan fingerprint density at radius 3 is 1.36 bits per heavy atom. The number of carbonyl (C=O) groups excluding carboxylic acids is 3. The number of ether oxygens (including phenoxy) is 2. The highest BCUT2D eigenvalue weighted by Gasteiger charge is 2.30. The number of hydrogen-bond donors (Lipinski definition) is 2. The van der Waals surface area contributed by atoms with Crippen LogP contribution in [0.2, 0.25) is 0 Å². The minimum absolute atomic E-state index is 0.0814. The highest BCUT2D eigenvalue weighted by Crippen LogP contribution is 2.43. The predicted molar refractivity (Wildman–Crippen MR) is 249 cm³/mol. The topological polar surface area (TPSA) is 186 Å². The van der Waals surface area contributed by atoms with E-state index >= 15 is 0 Å². The number of nitrogens with one attached hydrogen (secondary N) is 1. The maximum Gasteiger partial charge on any atom is 0.472 e. The molecule has 0 aliphatic rings. The summed E-state index contributed by atoms with van der Waals surface area (Å²) in [5, 5.41) is 4.44. The second-order valence-electron chi connectivity index (χ2n) is 17.2. The Labute approximate surface area is 391 Å². The van der Waals surface area contributed by atoms with Gasteiger partial charge in [-0.15, -0.1) is 0 Å². The summed E-state index contributed by atoms with van der Waals surface area (Å²) < 4.78 is 90.1. The summed E-state index contributed by atoms with van der Waals surface area (Å²) in [5.74, 6) is -11.2. The van der Waals surface area contributed by atoms with E-state index in [1.54, 1.807) is 0 Å². The first-order valence-electron chi connectivity index (χ1n) is 25.0. The van der Waals surface area contributed by atoms with Crippen LogP contribution in [0.4, 0.5) is 23.2 Å². The largest absolute Gasteiger partial charge is 0.472 e. The van der Waals surface area contributed by atoms with Crippen molar-refractivity contribution in [3.63, 3.8) is 0 Å². The van der Waals surface area contributed by atoms with Crippen LogP contribution in [-0.4, -0.2) is 55.2 Å². The molecule has 0 aliphatic carbocycles. The summed E-state index contributed by atoms with van der Waals surface area (Å²) >= 11 is 0. The maximum atomic E-state index is 14.3. The smallest absolute Gasteiger partial charge is 0.462 e. The highest BCUT2D eigenvalue weighted by molar-refractivity contribution is 7.47. The van der Waals surface area contributed by atoms with Crippen LogP contribution in [-0.2, 0) is 32.7 Å². The van der Waals surface area contributed by atoms with Gasteiger partial charge in [0.25, 0.3) is 5.91 Å². The third-order valence-electron chi connectivity index (χ3n) is 11.4. The van der Waals surface area contributed by atoms with Crippen molar-refractivity contribution >= 4 is 31.4 Å². The zero-order chi connectivity index (χ0) is 48.7. The number of phosphoric acid groups is 1. The van der Waals surface area contributed by atoms with Gasteiger partial charge in [0.05, 0.1) is 13.2 Å². The molecule has 1 aromatic carbocycles. The molecule has 0 bridgehead atoms. The minimum atomic E-state index is -4.92. The van der Waals surface area contributed by atoms with E-state index in [1.165, 1.54) is 135 Å². The summed E-state index contributed by atoms with van der Waals surface area (Å²) in [6, 6.07) is 0. The van der Waals surface area contributed by atoms with Crippen LogP contribution in [0.15, 0.2) is 5.11 Å². The fraction of sp³-hybridized carbons (Fsp3) is 0.812. The van der Waals surface area contributed by atoms with Gasteiger partial charge in [0.2, 0.25) is 0 Å². The lowest BCUT2D eigenvalue weighted by Crippen LogP contribution is -2.30. The van der Waals surface area contributed by atoms with Gasteiger partial charge in [-0.25, -0.2) is 22.1 Å². The number of rotatable bonds is 44. The first-order valence-corrected chi connectivity index (χ1v) is 26.5. The van der Waals surface area contributed by atoms with E-state index in [0.29, 0.717) is 12.8 Å². The molecule has 0 radical (unpaired) electrons. The number of amides is 1. The van der Waals surface area contributed by atoms with Crippen molar-refractivity contribution in [1.29, 1.82) is 0 Å². The zero-order valence-corrected chi connectivity index (χ0v) is 40.9. The molecule has 0 spiro atoms. The molecule has 2 N–H and O–H groups in total. The van der Waals surface area contributed by atoms with Crippen molar-refractivity contribution in [1.82, 2.24) is 5.32 Å². The molecule has 18 heteroatoms. The quantitative estimate of drug-likeness (QED) is 0.00938. The SMILES string of the molecule is CCCCCCCCCCCCCCCCCC(=O)OCC(COP(=O)(O)OCCNC(=O)c1c(F)c(F)c(N=[N+]=[N-])c(F)c1F)OC(=O)CCCCCCCCCCCCCCCCC. The van der Waals surface area contributed by atoms with Crippen LogP contribution in [0, 0.1) is 23.3 Å². The molecule has 0 saturated heterocycles. The third kappa shape index (κ3) is 30.2. The lowest BCUT2D eigenvalue weighted by Gasteiger charge is -2.20. The van der Waals surface area contributed by atoms with Crippen molar-refractivity contribution in [2.45, 2.75) is 225 Å². The van der Waals surface area contributed by atoms with E-state index in [4.69, 9.17) is 24.1 Å². The molecule has 0 saturated carbocycles. The molecular weight excluding hydrogens is 884 g/mol. The van der Waals surface area contributed by atoms with E-state index in [0.717, 1.165) is 44.9 Å². The van der Waals surface area contributed by atoms with Gasteiger partial charge in [0.1, 0.15) is 17.9 Å². The molecule has 13 nitrogen and oxygen atoms in total. The number of esters is 2. The van der Waals surface area contributed by atoms with Crippen molar-refractivity contribution in [2.24, 2.45) is 5.11 Å². The minimum Gasteiger partial charge on any atom is -0.462 e. The number of unbranched alkanes of at least 4 members (excludes halogenated alkanes) is 28. The summed E-state index contributed by atoms with van der Waals surface area (Å²) in [4.78, 5) is 50.0. The number of hydrogen-bond acceptors (Lipinski definition) is 9. The summed E-state index contributed by atoms with van der Waals surface area (Å²) in [7, 11) is -4.92. The molecule has 66 heavy (non-hydrogen) atoms. The van der Waals surface area contributed by atoms with Crippen LogP contribution in [0.1, 0.15) is 230 Å². The standard InChI is InChI=1S/C48H81F4N4O9P/c1-3-5-7-9-11-13-15-17-19-21-23-25-27-29-31-33-40(57)62-37-39(65-41(58)34-32-30-28-26-24-22-20-18-16-14-12-10-8-6-4-2)38-64-66(60,61)63-36-35-54-48(59)42-43(49)45(51)47(55-56-53)46(52)44(42)50/h39H,3-38H2,1-2H3,(H,54,59)(H,60,61). The second-order valence-corrected chi connectivity index (χ2v) is 18.7. The van der Waals surface area contributed by atoms with Crippen molar-refractivity contribution in [2.75, 3.05) is 26.4 Å².